The third-order valence-corrected chi connectivity index (χ3v) is 6.25. The highest BCUT2D eigenvalue weighted by atomic mass is 32.2. The number of pyridine rings is 1. The fourth-order valence-electron chi connectivity index (χ4n) is 3.71. The monoisotopic (exact) mass is 472 g/mol. The van der Waals surface area contributed by atoms with Crippen LogP contribution in [-0.4, -0.2) is 28.0 Å². The van der Waals surface area contributed by atoms with E-state index >= 15 is 0 Å². The number of benzene rings is 2. The number of aromatic amines is 1. The number of fused-ring (bicyclic) bond motifs is 1. The van der Waals surface area contributed by atoms with Crippen molar-refractivity contribution in [2.45, 2.75) is 11.4 Å². The van der Waals surface area contributed by atoms with Crippen molar-refractivity contribution in [3.05, 3.63) is 101 Å². The topological polar surface area (TPSA) is 135 Å². The molecule has 5 aromatic rings. The van der Waals surface area contributed by atoms with Crippen LogP contribution in [0, 0.1) is 0 Å². The highest BCUT2D eigenvalue weighted by molar-refractivity contribution is 7.89. The van der Waals surface area contributed by atoms with Crippen LogP contribution in [0.1, 0.15) is 5.56 Å². The Balaban J connectivity index is 1.67. The van der Waals surface area contributed by atoms with Crippen LogP contribution in [0.5, 0.6) is 0 Å². The van der Waals surface area contributed by atoms with Gasteiger partial charge in [-0.25, -0.2) is 23.1 Å². The van der Waals surface area contributed by atoms with E-state index in [1.807, 2.05) is 72.9 Å². The van der Waals surface area contributed by atoms with Crippen molar-refractivity contribution < 1.29 is 8.42 Å². The zero-order valence-electron chi connectivity index (χ0n) is 17.8. The van der Waals surface area contributed by atoms with Crippen LogP contribution in [0.2, 0.25) is 0 Å². The summed E-state index contributed by atoms with van der Waals surface area (Å²) in [7, 11) is -4.22. The van der Waals surface area contributed by atoms with E-state index in [-0.39, 0.29) is 5.82 Å². The van der Waals surface area contributed by atoms with Crippen molar-refractivity contribution in [1.29, 1.82) is 0 Å². The van der Waals surface area contributed by atoms with Gasteiger partial charge >= 0.3 is 0 Å². The first-order chi connectivity index (χ1) is 16.4. The van der Waals surface area contributed by atoms with Crippen LogP contribution >= 0.6 is 0 Å². The van der Waals surface area contributed by atoms with E-state index in [4.69, 9.17) is 10.1 Å². The minimum Gasteiger partial charge on any atom is -0.364 e. The van der Waals surface area contributed by atoms with Gasteiger partial charge in [-0.3, -0.25) is 4.79 Å². The number of sulfonamides is 1. The van der Waals surface area contributed by atoms with Gasteiger partial charge in [-0.05, 0) is 23.3 Å². The summed E-state index contributed by atoms with van der Waals surface area (Å²) < 4.78 is 25.4. The van der Waals surface area contributed by atoms with Gasteiger partial charge in [0.15, 0.2) is 11.6 Å². The molecule has 0 spiro atoms. The summed E-state index contributed by atoms with van der Waals surface area (Å²) in [5.74, 6) is 0.778. The summed E-state index contributed by atoms with van der Waals surface area (Å²) in [5.41, 5.74) is 3.28. The largest absolute Gasteiger partial charge is 0.364 e. The molecule has 0 radical (unpaired) electrons. The van der Waals surface area contributed by atoms with Crippen molar-refractivity contribution in [2.75, 3.05) is 5.32 Å². The Morgan fingerprint density at radius 1 is 0.971 bits per heavy atom. The Kier molecular flexibility index (Phi) is 5.44. The first-order valence-corrected chi connectivity index (χ1v) is 11.9. The maximum absolute atomic E-state index is 12.0. The third kappa shape index (κ3) is 4.19. The molecule has 170 valence electrons. The molecule has 0 bridgehead atoms. The second-order valence-electron chi connectivity index (χ2n) is 7.64. The van der Waals surface area contributed by atoms with Gasteiger partial charge < -0.3 is 10.3 Å². The Bertz CT molecular complexity index is 1650. The molecule has 0 aliphatic rings. The SMILES string of the molecule is NS(=O)(=O)c1cc(-c2nc(NCc3ccccc3)c3c(-c4ccccc4)ccn3n2)c[nH]c1=O. The molecular weight excluding hydrogens is 452 g/mol. The van der Waals surface area contributed by atoms with E-state index < -0.39 is 20.5 Å². The van der Waals surface area contributed by atoms with Gasteiger partial charge in [-0.2, -0.15) is 0 Å². The number of hydrogen-bond donors (Lipinski definition) is 3. The molecule has 5 rings (SSSR count). The molecule has 34 heavy (non-hydrogen) atoms. The zero-order chi connectivity index (χ0) is 23.7. The molecule has 10 heteroatoms. The normalized spacial score (nSPS) is 11.6. The molecule has 4 N–H and O–H groups in total. The summed E-state index contributed by atoms with van der Waals surface area (Å²) in [4.78, 5) is 18.5. The molecule has 9 nitrogen and oxygen atoms in total. The molecule has 0 fully saturated rings. The van der Waals surface area contributed by atoms with E-state index in [0.717, 1.165) is 22.2 Å². The molecule has 0 amide bonds. The second kappa shape index (κ2) is 8.58. The van der Waals surface area contributed by atoms with Crippen molar-refractivity contribution in [3.63, 3.8) is 0 Å². The number of primary sulfonamides is 1. The minimum absolute atomic E-state index is 0.222. The van der Waals surface area contributed by atoms with Gasteiger partial charge in [0.2, 0.25) is 10.0 Å². The van der Waals surface area contributed by atoms with Gasteiger partial charge in [-0.15, -0.1) is 5.10 Å². The number of rotatable bonds is 6. The van der Waals surface area contributed by atoms with Crippen LogP contribution in [0.25, 0.3) is 28.0 Å². The van der Waals surface area contributed by atoms with E-state index in [1.165, 1.54) is 12.3 Å². The van der Waals surface area contributed by atoms with Gasteiger partial charge in [-0.1, -0.05) is 60.7 Å². The molecule has 0 aliphatic heterocycles. The lowest BCUT2D eigenvalue weighted by Gasteiger charge is -2.12. The Morgan fingerprint density at radius 2 is 1.68 bits per heavy atom. The van der Waals surface area contributed by atoms with Gasteiger partial charge in [0, 0.05) is 30.1 Å². The summed E-state index contributed by atoms with van der Waals surface area (Å²) in [5, 5.41) is 13.1. The maximum Gasteiger partial charge on any atom is 0.268 e. The summed E-state index contributed by atoms with van der Waals surface area (Å²) in [6.07, 6.45) is 3.17. The zero-order valence-corrected chi connectivity index (χ0v) is 18.7. The molecule has 0 unspecified atom stereocenters. The van der Waals surface area contributed by atoms with Gasteiger partial charge in [0.25, 0.3) is 5.56 Å². The number of nitrogens with one attached hydrogen (secondary N) is 2. The van der Waals surface area contributed by atoms with Crippen molar-refractivity contribution in [3.8, 4) is 22.5 Å². The molecule has 2 aromatic carbocycles. The number of anilines is 1. The lowest BCUT2D eigenvalue weighted by atomic mass is 10.1. The van der Waals surface area contributed by atoms with E-state index in [0.29, 0.717) is 17.9 Å². The number of nitrogens with two attached hydrogens (primary N) is 1. The van der Waals surface area contributed by atoms with Crippen LogP contribution in [0.3, 0.4) is 0 Å². The van der Waals surface area contributed by atoms with Crippen molar-refractivity contribution in [1.82, 2.24) is 19.6 Å². The van der Waals surface area contributed by atoms with Gasteiger partial charge in [0.1, 0.15) is 10.4 Å². The second-order valence-corrected chi connectivity index (χ2v) is 9.17. The highest BCUT2D eigenvalue weighted by Gasteiger charge is 2.18. The van der Waals surface area contributed by atoms with Crippen LogP contribution < -0.4 is 16.0 Å². The fourth-order valence-corrected chi connectivity index (χ4v) is 4.31. The summed E-state index contributed by atoms with van der Waals surface area (Å²) in [6, 6.07) is 22.9. The maximum atomic E-state index is 12.0. The van der Waals surface area contributed by atoms with E-state index in [9.17, 15) is 13.2 Å². The Morgan fingerprint density at radius 3 is 2.38 bits per heavy atom. The predicted molar refractivity (Wildman–Crippen MR) is 130 cm³/mol. The average Bonchev–Trinajstić information content (AvgIpc) is 3.27. The van der Waals surface area contributed by atoms with E-state index in [2.05, 4.69) is 15.4 Å². The number of hydrogen-bond acceptors (Lipinski definition) is 6. The highest BCUT2D eigenvalue weighted by Crippen LogP contribution is 2.31. The molecule has 0 saturated heterocycles. The summed E-state index contributed by atoms with van der Waals surface area (Å²) >= 11 is 0. The standard InChI is InChI=1S/C24H20N6O3S/c25-34(32,33)20-13-18(15-27-24(20)31)22-28-23(26-14-16-7-3-1-4-8-16)21-19(11-12-30(21)29-22)17-9-5-2-6-10-17/h1-13,15H,14H2,(H,27,31)(H2,25,32,33)(H,26,28,29). The van der Waals surface area contributed by atoms with Gasteiger partial charge in [0.05, 0.1) is 0 Å². The first kappa shape index (κ1) is 21.6. The van der Waals surface area contributed by atoms with Crippen LogP contribution in [-0.2, 0) is 16.6 Å². The smallest absolute Gasteiger partial charge is 0.268 e. The lowest BCUT2D eigenvalue weighted by Crippen LogP contribution is -2.23. The number of nitrogens with zero attached hydrogens (tertiary/aromatic N) is 3. The number of aromatic nitrogens is 4. The Labute approximate surface area is 195 Å². The lowest BCUT2D eigenvalue weighted by molar-refractivity contribution is 0.596. The van der Waals surface area contributed by atoms with Crippen molar-refractivity contribution >= 4 is 21.4 Å². The van der Waals surface area contributed by atoms with Crippen LogP contribution in [0.4, 0.5) is 5.82 Å². The van der Waals surface area contributed by atoms with Crippen LogP contribution in [0.15, 0.2) is 94.9 Å². The fraction of sp³-hybridized carbons (Fsp3) is 0.0417. The molecule has 3 aromatic heterocycles. The Hall–Kier alpha value is -4.28. The molecule has 0 atom stereocenters. The third-order valence-electron chi connectivity index (χ3n) is 5.33. The molecule has 3 heterocycles. The minimum atomic E-state index is -4.22. The average molecular weight is 473 g/mol. The summed E-state index contributed by atoms with van der Waals surface area (Å²) in [6.45, 7) is 0.514. The number of H-pyrrole nitrogens is 1. The molecule has 0 saturated carbocycles. The first-order valence-electron chi connectivity index (χ1n) is 10.4. The van der Waals surface area contributed by atoms with Crippen molar-refractivity contribution in [2.24, 2.45) is 5.14 Å². The molecular formula is C24H20N6O3S. The molecule has 0 aliphatic carbocycles. The predicted octanol–water partition coefficient (Wildman–Crippen LogP) is 3.01. The van der Waals surface area contributed by atoms with E-state index in [1.54, 1.807) is 4.52 Å². The quantitative estimate of drug-likeness (QED) is 0.348.